The van der Waals surface area contributed by atoms with Gasteiger partial charge in [-0.15, -0.1) is 5.10 Å². The zero-order chi connectivity index (χ0) is 13.1. The monoisotopic (exact) mass is 285 g/mol. The summed E-state index contributed by atoms with van der Waals surface area (Å²) in [6.45, 7) is 2.47. The molecule has 0 atom stereocenters. The van der Waals surface area contributed by atoms with Crippen LogP contribution in [0.2, 0.25) is 10.0 Å². The first-order valence-corrected chi connectivity index (χ1v) is 6.37. The molecule has 1 aromatic heterocycles. The summed E-state index contributed by atoms with van der Waals surface area (Å²) in [5.41, 5.74) is 2.55. The molecule has 0 saturated carbocycles. The average molecular weight is 286 g/mol. The Morgan fingerprint density at radius 3 is 2.67 bits per heavy atom. The van der Waals surface area contributed by atoms with Crippen molar-refractivity contribution in [2.24, 2.45) is 0 Å². The molecule has 0 saturated heterocycles. The van der Waals surface area contributed by atoms with E-state index in [0.717, 1.165) is 17.7 Å². The van der Waals surface area contributed by atoms with Crippen molar-refractivity contribution in [3.63, 3.8) is 0 Å². The van der Waals surface area contributed by atoms with Crippen LogP contribution >= 0.6 is 23.2 Å². The van der Waals surface area contributed by atoms with Crippen molar-refractivity contribution in [3.8, 4) is 0 Å². The molecule has 0 amide bonds. The molecular formula is C12H13Cl2N3O. The third-order valence-electron chi connectivity index (χ3n) is 2.72. The maximum absolute atomic E-state index is 9.16. The maximum atomic E-state index is 9.16. The number of halogens is 2. The van der Waals surface area contributed by atoms with Gasteiger partial charge in [0.15, 0.2) is 0 Å². The summed E-state index contributed by atoms with van der Waals surface area (Å²) in [6, 6.07) is 5.46. The Bertz CT molecular complexity index is 554. The van der Waals surface area contributed by atoms with Gasteiger partial charge < -0.3 is 5.11 Å². The van der Waals surface area contributed by atoms with Crippen molar-refractivity contribution in [2.75, 3.05) is 0 Å². The fourth-order valence-electron chi connectivity index (χ4n) is 1.82. The molecular weight excluding hydrogens is 273 g/mol. The van der Waals surface area contributed by atoms with Crippen LogP contribution in [-0.4, -0.2) is 20.1 Å². The molecule has 1 heterocycles. The molecule has 0 unspecified atom stereocenters. The largest absolute Gasteiger partial charge is 0.390 e. The van der Waals surface area contributed by atoms with Crippen LogP contribution in [0.1, 0.15) is 23.9 Å². The lowest BCUT2D eigenvalue weighted by atomic mass is 10.2. The van der Waals surface area contributed by atoms with Gasteiger partial charge in [0.1, 0.15) is 5.69 Å². The zero-order valence-electron chi connectivity index (χ0n) is 9.90. The molecule has 0 spiro atoms. The normalized spacial score (nSPS) is 10.9. The molecule has 0 aliphatic carbocycles. The van der Waals surface area contributed by atoms with Crippen molar-refractivity contribution in [1.82, 2.24) is 15.0 Å². The molecule has 4 nitrogen and oxygen atoms in total. The topological polar surface area (TPSA) is 50.9 Å². The predicted molar refractivity (Wildman–Crippen MR) is 70.9 cm³/mol. The van der Waals surface area contributed by atoms with Gasteiger partial charge in [0.05, 0.1) is 28.9 Å². The van der Waals surface area contributed by atoms with Crippen LogP contribution in [0.4, 0.5) is 0 Å². The van der Waals surface area contributed by atoms with Crippen LogP contribution in [0, 0.1) is 0 Å². The van der Waals surface area contributed by atoms with Crippen molar-refractivity contribution in [3.05, 3.63) is 45.2 Å². The van der Waals surface area contributed by atoms with E-state index >= 15 is 0 Å². The van der Waals surface area contributed by atoms with E-state index in [2.05, 4.69) is 10.3 Å². The number of hydrogen-bond acceptors (Lipinski definition) is 3. The van der Waals surface area contributed by atoms with Gasteiger partial charge in [-0.25, -0.2) is 4.68 Å². The molecule has 96 valence electrons. The van der Waals surface area contributed by atoms with Gasteiger partial charge in [-0.3, -0.25) is 0 Å². The van der Waals surface area contributed by atoms with Gasteiger partial charge in [0.2, 0.25) is 0 Å². The fourth-order valence-corrected chi connectivity index (χ4v) is 2.14. The molecule has 0 aliphatic heterocycles. The maximum Gasteiger partial charge on any atom is 0.111 e. The van der Waals surface area contributed by atoms with Crippen molar-refractivity contribution in [1.29, 1.82) is 0 Å². The lowest BCUT2D eigenvalue weighted by molar-refractivity contribution is 0.275. The minimum Gasteiger partial charge on any atom is -0.390 e. The lowest BCUT2D eigenvalue weighted by Crippen LogP contribution is -2.06. The third kappa shape index (κ3) is 2.66. The number of rotatable bonds is 4. The second-order valence-electron chi connectivity index (χ2n) is 3.90. The van der Waals surface area contributed by atoms with Crippen molar-refractivity contribution < 1.29 is 5.11 Å². The number of aliphatic hydroxyl groups excluding tert-OH is 1. The summed E-state index contributed by atoms with van der Waals surface area (Å²) in [6.07, 6.45) is 0.768. The Kier molecular flexibility index (Phi) is 4.22. The van der Waals surface area contributed by atoms with E-state index in [9.17, 15) is 0 Å². The Balaban J connectivity index is 2.28. The Morgan fingerprint density at radius 2 is 2.06 bits per heavy atom. The number of hydrogen-bond donors (Lipinski definition) is 1. The first-order valence-electron chi connectivity index (χ1n) is 5.61. The highest BCUT2D eigenvalue weighted by Crippen LogP contribution is 2.23. The van der Waals surface area contributed by atoms with E-state index in [0.29, 0.717) is 22.3 Å². The summed E-state index contributed by atoms with van der Waals surface area (Å²) in [5.74, 6) is 0. The SMILES string of the molecule is CCc1c(CO)nnn1Cc1ccc(Cl)c(Cl)c1. The minimum atomic E-state index is -0.0927. The molecule has 2 rings (SSSR count). The number of aromatic nitrogens is 3. The fraction of sp³-hybridized carbons (Fsp3) is 0.333. The molecule has 0 bridgehead atoms. The molecule has 0 radical (unpaired) electrons. The molecule has 18 heavy (non-hydrogen) atoms. The average Bonchev–Trinajstić information content (AvgIpc) is 2.75. The third-order valence-corrected chi connectivity index (χ3v) is 3.46. The lowest BCUT2D eigenvalue weighted by Gasteiger charge is -2.06. The van der Waals surface area contributed by atoms with E-state index < -0.39 is 0 Å². The molecule has 1 N–H and O–H groups in total. The van der Waals surface area contributed by atoms with Crippen molar-refractivity contribution >= 4 is 23.2 Å². The second kappa shape index (κ2) is 5.69. The number of aliphatic hydroxyl groups is 1. The highest BCUT2D eigenvalue weighted by Gasteiger charge is 2.10. The minimum absolute atomic E-state index is 0.0927. The smallest absolute Gasteiger partial charge is 0.111 e. The second-order valence-corrected chi connectivity index (χ2v) is 4.72. The van der Waals surface area contributed by atoms with Crippen LogP contribution in [0.3, 0.4) is 0 Å². The number of nitrogens with zero attached hydrogens (tertiary/aromatic N) is 3. The van der Waals surface area contributed by atoms with E-state index in [4.69, 9.17) is 28.3 Å². The van der Waals surface area contributed by atoms with Gasteiger partial charge in [0, 0.05) is 0 Å². The van der Waals surface area contributed by atoms with Crippen LogP contribution in [0.15, 0.2) is 18.2 Å². The summed E-state index contributed by atoms with van der Waals surface area (Å²) in [4.78, 5) is 0. The Hall–Kier alpha value is -1.10. The van der Waals surface area contributed by atoms with Crippen LogP contribution < -0.4 is 0 Å². The van der Waals surface area contributed by atoms with Gasteiger partial charge in [0.25, 0.3) is 0 Å². The van der Waals surface area contributed by atoms with Gasteiger partial charge in [-0.2, -0.15) is 0 Å². The van der Waals surface area contributed by atoms with E-state index in [1.165, 1.54) is 0 Å². The first-order chi connectivity index (χ1) is 8.65. The predicted octanol–water partition coefficient (Wildman–Crippen LogP) is 2.69. The standard InChI is InChI=1S/C12H13Cl2N3O/c1-2-12-11(7-18)15-16-17(12)6-8-3-4-9(13)10(14)5-8/h3-5,18H,2,6-7H2,1H3. The van der Waals surface area contributed by atoms with Gasteiger partial charge in [-0.1, -0.05) is 41.4 Å². The number of benzene rings is 1. The first kappa shape index (κ1) is 13.3. The zero-order valence-corrected chi connectivity index (χ0v) is 11.4. The summed E-state index contributed by atoms with van der Waals surface area (Å²) in [7, 11) is 0. The van der Waals surface area contributed by atoms with Crippen molar-refractivity contribution in [2.45, 2.75) is 26.5 Å². The summed E-state index contributed by atoms with van der Waals surface area (Å²) in [5, 5.41) is 18.2. The van der Waals surface area contributed by atoms with E-state index in [1.807, 2.05) is 19.1 Å². The molecule has 6 heteroatoms. The van der Waals surface area contributed by atoms with Gasteiger partial charge in [-0.05, 0) is 24.1 Å². The molecule has 1 aromatic carbocycles. The molecule has 0 fully saturated rings. The van der Waals surface area contributed by atoms with E-state index in [-0.39, 0.29) is 6.61 Å². The van der Waals surface area contributed by atoms with Gasteiger partial charge >= 0.3 is 0 Å². The Labute approximate surface area is 115 Å². The van der Waals surface area contributed by atoms with Crippen LogP contribution in [0.25, 0.3) is 0 Å². The van der Waals surface area contributed by atoms with Crippen LogP contribution in [0.5, 0.6) is 0 Å². The highest BCUT2D eigenvalue weighted by atomic mass is 35.5. The Morgan fingerprint density at radius 1 is 1.28 bits per heavy atom. The summed E-state index contributed by atoms with van der Waals surface area (Å²) < 4.78 is 1.77. The quantitative estimate of drug-likeness (QED) is 0.940. The molecule has 0 aliphatic rings. The summed E-state index contributed by atoms with van der Waals surface area (Å²) >= 11 is 11.8. The molecule has 2 aromatic rings. The van der Waals surface area contributed by atoms with Crippen LogP contribution in [-0.2, 0) is 19.6 Å². The highest BCUT2D eigenvalue weighted by molar-refractivity contribution is 6.42. The van der Waals surface area contributed by atoms with E-state index in [1.54, 1.807) is 10.7 Å².